The van der Waals surface area contributed by atoms with E-state index in [4.69, 9.17) is 27.9 Å². The lowest BCUT2D eigenvalue weighted by Crippen LogP contribution is -2.42. The van der Waals surface area contributed by atoms with Gasteiger partial charge in [-0.3, -0.25) is 14.5 Å². The van der Waals surface area contributed by atoms with E-state index >= 15 is 0 Å². The molecule has 3 rings (SSSR count). The summed E-state index contributed by atoms with van der Waals surface area (Å²) >= 11 is 11.9. The fourth-order valence-electron chi connectivity index (χ4n) is 3.09. The first-order valence-corrected chi connectivity index (χ1v) is 9.13. The van der Waals surface area contributed by atoms with E-state index in [9.17, 15) is 9.59 Å². The number of ether oxygens (including phenoxy) is 1. The van der Waals surface area contributed by atoms with Crippen molar-refractivity contribution in [1.82, 2.24) is 10.2 Å². The summed E-state index contributed by atoms with van der Waals surface area (Å²) < 4.78 is 5.30. The summed E-state index contributed by atoms with van der Waals surface area (Å²) in [5, 5.41) is 3.77. The summed E-state index contributed by atoms with van der Waals surface area (Å²) in [6, 6.07) is 5.05. The molecule has 8 heteroatoms. The SMILES string of the molecule is O=C(NCCN1CCOCC1)C1CC(=O)N(c2ccc(Cl)c(Cl)c2)C1. The molecule has 2 aliphatic rings. The first kappa shape index (κ1) is 18.5. The molecule has 1 N–H and O–H groups in total. The third-order valence-electron chi connectivity index (χ3n) is 4.54. The summed E-state index contributed by atoms with van der Waals surface area (Å²) in [6.07, 6.45) is 0.212. The van der Waals surface area contributed by atoms with E-state index in [0.717, 1.165) is 32.8 Å². The molecule has 2 heterocycles. The van der Waals surface area contributed by atoms with Crippen LogP contribution in [0.3, 0.4) is 0 Å². The van der Waals surface area contributed by atoms with Crippen LogP contribution < -0.4 is 10.2 Å². The van der Waals surface area contributed by atoms with Crippen molar-refractivity contribution in [3.05, 3.63) is 28.2 Å². The highest BCUT2D eigenvalue weighted by molar-refractivity contribution is 6.42. The maximum atomic E-state index is 12.4. The van der Waals surface area contributed by atoms with Gasteiger partial charge in [0, 0.05) is 44.8 Å². The Kier molecular flexibility index (Phi) is 6.17. The maximum Gasteiger partial charge on any atom is 0.227 e. The van der Waals surface area contributed by atoms with Gasteiger partial charge < -0.3 is 15.0 Å². The quantitative estimate of drug-likeness (QED) is 0.839. The molecule has 0 spiro atoms. The van der Waals surface area contributed by atoms with Crippen LogP contribution >= 0.6 is 23.2 Å². The minimum absolute atomic E-state index is 0.0771. The second-order valence-electron chi connectivity index (χ2n) is 6.25. The molecule has 1 unspecified atom stereocenters. The number of halogens is 2. The Bertz CT molecular complexity index is 650. The molecule has 1 aromatic rings. The van der Waals surface area contributed by atoms with E-state index < -0.39 is 0 Å². The van der Waals surface area contributed by atoms with Crippen LogP contribution in [-0.4, -0.2) is 62.7 Å². The average molecular weight is 386 g/mol. The van der Waals surface area contributed by atoms with Gasteiger partial charge in [-0.05, 0) is 18.2 Å². The van der Waals surface area contributed by atoms with Crippen LogP contribution in [0.1, 0.15) is 6.42 Å². The standard InChI is InChI=1S/C17H21Cl2N3O3/c18-14-2-1-13(10-15(14)19)22-11-12(9-16(22)23)17(24)20-3-4-21-5-7-25-8-6-21/h1-2,10,12H,3-9,11H2,(H,20,24). The summed E-state index contributed by atoms with van der Waals surface area (Å²) in [5.41, 5.74) is 0.669. The van der Waals surface area contributed by atoms with Crippen molar-refractivity contribution in [3.8, 4) is 0 Å². The van der Waals surface area contributed by atoms with Crippen molar-refractivity contribution in [1.29, 1.82) is 0 Å². The Labute approximate surface area is 157 Å². The summed E-state index contributed by atoms with van der Waals surface area (Å²) in [6.45, 7) is 5.00. The van der Waals surface area contributed by atoms with Crippen LogP contribution in [0, 0.1) is 5.92 Å². The fraction of sp³-hybridized carbons (Fsp3) is 0.529. The Morgan fingerprint density at radius 1 is 1.24 bits per heavy atom. The van der Waals surface area contributed by atoms with Crippen molar-refractivity contribution in [2.45, 2.75) is 6.42 Å². The van der Waals surface area contributed by atoms with Crippen molar-refractivity contribution in [2.24, 2.45) is 5.92 Å². The van der Waals surface area contributed by atoms with E-state index in [0.29, 0.717) is 28.8 Å². The van der Waals surface area contributed by atoms with Gasteiger partial charge in [0.2, 0.25) is 11.8 Å². The molecule has 6 nitrogen and oxygen atoms in total. The summed E-state index contributed by atoms with van der Waals surface area (Å²) in [7, 11) is 0. The van der Waals surface area contributed by atoms with Gasteiger partial charge in [-0.1, -0.05) is 23.2 Å². The van der Waals surface area contributed by atoms with Crippen LogP contribution in [0.25, 0.3) is 0 Å². The predicted octanol–water partition coefficient (Wildman–Crippen LogP) is 1.79. The van der Waals surface area contributed by atoms with Crippen LogP contribution in [-0.2, 0) is 14.3 Å². The van der Waals surface area contributed by atoms with Crippen molar-refractivity contribution >= 4 is 40.7 Å². The maximum absolute atomic E-state index is 12.4. The lowest BCUT2D eigenvalue weighted by atomic mass is 10.1. The normalized spacial score (nSPS) is 21.6. The van der Waals surface area contributed by atoms with Gasteiger partial charge in [-0.2, -0.15) is 0 Å². The highest BCUT2D eigenvalue weighted by Gasteiger charge is 2.35. The third-order valence-corrected chi connectivity index (χ3v) is 5.28. The summed E-state index contributed by atoms with van der Waals surface area (Å²) in [4.78, 5) is 28.5. The van der Waals surface area contributed by atoms with Crippen molar-refractivity contribution in [3.63, 3.8) is 0 Å². The molecule has 136 valence electrons. The van der Waals surface area contributed by atoms with Gasteiger partial charge in [0.1, 0.15) is 0 Å². The van der Waals surface area contributed by atoms with Crippen LogP contribution in [0.15, 0.2) is 18.2 Å². The van der Waals surface area contributed by atoms with Gasteiger partial charge in [0.05, 0.1) is 29.2 Å². The zero-order chi connectivity index (χ0) is 17.8. The number of anilines is 1. The monoisotopic (exact) mass is 385 g/mol. The van der Waals surface area contributed by atoms with Gasteiger partial charge in [-0.15, -0.1) is 0 Å². The zero-order valence-electron chi connectivity index (χ0n) is 13.8. The lowest BCUT2D eigenvalue weighted by molar-refractivity contribution is -0.126. The smallest absolute Gasteiger partial charge is 0.227 e. The molecular weight excluding hydrogens is 365 g/mol. The van der Waals surface area contributed by atoms with E-state index in [2.05, 4.69) is 10.2 Å². The molecule has 2 fully saturated rings. The number of nitrogens with zero attached hydrogens (tertiary/aromatic N) is 2. The summed E-state index contributed by atoms with van der Waals surface area (Å²) in [5.74, 6) is -0.498. The molecule has 25 heavy (non-hydrogen) atoms. The molecule has 0 aromatic heterocycles. The fourth-order valence-corrected chi connectivity index (χ4v) is 3.38. The van der Waals surface area contributed by atoms with Gasteiger partial charge in [0.25, 0.3) is 0 Å². The molecule has 0 radical (unpaired) electrons. The van der Waals surface area contributed by atoms with Crippen LogP contribution in [0.5, 0.6) is 0 Å². The predicted molar refractivity (Wildman–Crippen MR) is 97.2 cm³/mol. The van der Waals surface area contributed by atoms with Crippen molar-refractivity contribution in [2.75, 3.05) is 50.8 Å². The van der Waals surface area contributed by atoms with E-state index in [1.807, 2.05) is 0 Å². The lowest BCUT2D eigenvalue weighted by Gasteiger charge is -2.26. The molecule has 2 amide bonds. The molecule has 0 bridgehead atoms. The van der Waals surface area contributed by atoms with Crippen molar-refractivity contribution < 1.29 is 14.3 Å². The first-order valence-electron chi connectivity index (χ1n) is 8.38. The number of carbonyl (C=O) groups excluding carboxylic acids is 2. The highest BCUT2D eigenvalue weighted by Crippen LogP contribution is 2.31. The number of rotatable bonds is 5. The second-order valence-corrected chi connectivity index (χ2v) is 7.06. The van der Waals surface area contributed by atoms with Gasteiger partial charge in [0.15, 0.2) is 0 Å². The molecule has 0 saturated carbocycles. The number of hydrogen-bond acceptors (Lipinski definition) is 4. The van der Waals surface area contributed by atoms with E-state index in [1.165, 1.54) is 0 Å². The number of hydrogen-bond donors (Lipinski definition) is 1. The van der Waals surface area contributed by atoms with Gasteiger partial charge in [-0.25, -0.2) is 0 Å². The van der Waals surface area contributed by atoms with Crippen LogP contribution in [0.4, 0.5) is 5.69 Å². The van der Waals surface area contributed by atoms with Gasteiger partial charge >= 0.3 is 0 Å². The largest absolute Gasteiger partial charge is 0.379 e. The molecular formula is C17H21Cl2N3O3. The molecule has 0 aliphatic carbocycles. The Morgan fingerprint density at radius 2 is 2.00 bits per heavy atom. The molecule has 1 aromatic carbocycles. The highest BCUT2D eigenvalue weighted by atomic mass is 35.5. The number of benzene rings is 1. The van der Waals surface area contributed by atoms with E-state index in [1.54, 1.807) is 23.1 Å². The molecule has 2 saturated heterocycles. The number of morpholine rings is 1. The third kappa shape index (κ3) is 4.64. The second kappa shape index (κ2) is 8.36. The Hall–Kier alpha value is -1.34. The first-order chi connectivity index (χ1) is 12.0. The molecule has 2 aliphatic heterocycles. The number of nitrogens with one attached hydrogen (secondary N) is 1. The van der Waals surface area contributed by atoms with E-state index in [-0.39, 0.29) is 24.2 Å². The van der Waals surface area contributed by atoms with Crippen LogP contribution in [0.2, 0.25) is 10.0 Å². The Morgan fingerprint density at radius 3 is 2.72 bits per heavy atom. The topological polar surface area (TPSA) is 61.9 Å². The number of carbonyl (C=O) groups is 2. The Balaban J connectivity index is 1.50. The molecule has 1 atom stereocenters. The zero-order valence-corrected chi connectivity index (χ0v) is 15.4. The average Bonchev–Trinajstić information content (AvgIpc) is 3.00. The minimum atomic E-state index is -0.341. The number of amides is 2. The minimum Gasteiger partial charge on any atom is -0.379 e.